The van der Waals surface area contributed by atoms with Crippen LogP contribution in [0.5, 0.6) is 5.88 Å². The Hall–Kier alpha value is -2.77. The number of methoxy groups -OCH3 is 1. The average Bonchev–Trinajstić information content (AvgIpc) is 2.89. The van der Waals surface area contributed by atoms with Crippen molar-refractivity contribution in [3.63, 3.8) is 0 Å². The summed E-state index contributed by atoms with van der Waals surface area (Å²) in [7, 11) is 1.60. The fraction of sp³-hybridized carbons (Fsp3) is 0.350. The number of rotatable bonds is 4. The summed E-state index contributed by atoms with van der Waals surface area (Å²) in [6.07, 6.45) is 5.14. The monoisotopic (exact) mass is 366 g/mol. The standard InChI is InChI=1S/C20H22N4O3/c1-13(25)17-11-14(5-8-21-17)20-16-6-9-27-10-7-18(16)24(23-20)15-3-4-19(26-2)22-12-15/h3-5,8,11-12,20,23H,6-7,9-10H2,1-2H3. The molecule has 2 aliphatic heterocycles. The molecule has 0 radical (unpaired) electrons. The number of nitrogens with zero attached hydrogens (tertiary/aromatic N) is 3. The second-order valence-corrected chi connectivity index (χ2v) is 6.57. The van der Waals surface area contributed by atoms with E-state index in [0.29, 0.717) is 24.8 Å². The van der Waals surface area contributed by atoms with E-state index in [1.807, 2.05) is 24.3 Å². The van der Waals surface area contributed by atoms with Gasteiger partial charge in [-0.2, -0.15) is 0 Å². The van der Waals surface area contributed by atoms with Crippen molar-refractivity contribution >= 4 is 11.5 Å². The highest BCUT2D eigenvalue weighted by atomic mass is 16.5. The molecule has 0 saturated heterocycles. The van der Waals surface area contributed by atoms with Gasteiger partial charge in [-0.15, -0.1) is 0 Å². The molecule has 140 valence electrons. The molecule has 2 aliphatic rings. The van der Waals surface area contributed by atoms with Gasteiger partial charge in [0.15, 0.2) is 5.78 Å². The minimum absolute atomic E-state index is 0.0232. The van der Waals surface area contributed by atoms with Crippen LogP contribution in [0.3, 0.4) is 0 Å². The molecule has 4 heterocycles. The Morgan fingerprint density at radius 2 is 2.11 bits per heavy atom. The van der Waals surface area contributed by atoms with Gasteiger partial charge in [0.25, 0.3) is 0 Å². The maximum atomic E-state index is 11.8. The van der Waals surface area contributed by atoms with E-state index >= 15 is 0 Å². The van der Waals surface area contributed by atoms with Gasteiger partial charge in [-0.3, -0.25) is 14.8 Å². The number of ether oxygens (including phenoxy) is 2. The van der Waals surface area contributed by atoms with Crippen molar-refractivity contribution < 1.29 is 14.3 Å². The van der Waals surface area contributed by atoms with E-state index in [1.54, 1.807) is 19.5 Å². The molecule has 0 aliphatic carbocycles. The van der Waals surface area contributed by atoms with Crippen LogP contribution in [0.1, 0.15) is 41.9 Å². The van der Waals surface area contributed by atoms with Crippen molar-refractivity contribution in [1.82, 2.24) is 15.4 Å². The number of aromatic nitrogens is 2. The third-order valence-electron chi connectivity index (χ3n) is 4.91. The van der Waals surface area contributed by atoms with Crippen LogP contribution in [0.4, 0.5) is 5.69 Å². The SMILES string of the molecule is COc1ccc(N2NC(c3ccnc(C(C)=O)c3)C3=C2CCOCC3)cn1. The first-order valence-corrected chi connectivity index (χ1v) is 9.00. The van der Waals surface area contributed by atoms with Crippen LogP contribution < -0.4 is 15.2 Å². The van der Waals surface area contributed by atoms with Crippen molar-refractivity contribution in [2.45, 2.75) is 25.8 Å². The van der Waals surface area contributed by atoms with Crippen molar-refractivity contribution in [1.29, 1.82) is 0 Å². The Bertz CT molecular complexity index is 879. The number of carbonyl (C=O) groups excluding carboxylic acids is 1. The minimum Gasteiger partial charge on any atom is -0.481 e. The Balaban J connectivity index is 1.72. The van der Waals surface area contributed by atoms with Crippen molar-refractivity contribution in [3.05, 3.63) is 59.2 Å². The van der Waals surface area contributed by atoms with Gasteiger partial charge >= 0.3 is 0 Å². The number of anilines is 1. The van der Waals surface area contributed by atoms with Crippen molar-refractivity contribution in [3.8, 4) is 5.88 Å². The molecule has 0 aromatic carbocycles. The van der Waals surface area contributed by atoms with Crippen molar-refractivity contribution in [2.24, 2.45) is 0 Å². The summed E-state index contributed by atoms with van der Waals surface area (Å²) >= 11 is 0. The van der Waals surface area contributed by atoms with E-state index in [9.17, 15) is 4.79 Å². The lowest BCUT2D eigenvalue weighted by Crippen LogP contribution is -2.34. The Morgan fingerprint density at radius 1 is 1.26 bits per heavy atom. The highest BCUT2D eigenvalue weighted by Gasteiger charge is 2.34. The maximum Gasteiger partial charge on any atom is 0.213 e. The molecule has 0 amide bonds. The van der Waals surface area contributed by atoms with Crippen LogP contribution in [0.15, 0.2) is 47.9 Å². The summed E-state index contributed by atoms with van der Waals surface area (Å²) in [6.45, 7) is 2.91. The lowest BCUT2D eigenvalue weighted by Gasteiger charge is -2.24. The summed E-state index contributed by atoms with van der Waals surface area (Å²) in [4.78, 5) is 20.3. The Kier molecular flexibility index (Phi) is 4.87. The number of hydrogen-bond donors (Lipinski definition) is 1. The Labute approximate surface area is 158 Å². The van der Waals surface area contributed by atoms with E-state index in [4.69, 9.17) is 9.47 Å². The molecule has 2 aromatic rings. The zero-order valence-electron chi connectivity index (χ0n) is 15.4. The molecule has 27 heavy (non-hydrogen) atoms. The molecule has 0 spiro atoms. The molecule has 1 unspecified atom stereocenters. The lowest BCUT2D eigenvalue weighted by molar-refractivity contribution is 0.101. The van der Waals surface area contributed by atoms with Gasteiger partial charge in [0.2, 0.25) is 5.88 Å². The molecule has 0 bridgehead atoms. The first-order valence-electron chi connectivity index (χ1n) is 9.00. The molecule has 4 rings (SSSR count). The summed E-state index contributed by atoms with van der Waals surface area (Å²) in [6, 6.07) is 7.62. The molecular weight excluding hydrogens is 344 g/mol. The van der Waals surface area contributed by atoms with Crippen LogP contribution in [0.2, 0.25) is 0 Å². The first-order chi connectivity index (χ1) is 13.2. The van der Waals surface area contributed by atoms with E-state index in [0.717, 1.165) is 24.1 Å². The normalized spacial score (nSPS) is 19.6. The quantitative estimate of drug-likeness (QED) is 0.834. The number of ketones is 1. The topological polar surface area (TPSA) is 76.6 Å². The minimum atomic E-state index is -0.0375. The van der Waals surface area contributed by atoms with E-state index < -0.39 is 0 Å². The first kappa shape index (κ1) is 17.6. The van der Waals surface area contributed by atoms with E-state index in [1.165, 1.54) is 18.2 Å². The van der Waals surface area contributed by atoms with Gasteiger partial charge in [-0.25, -0.2) is 10.4 Å². The molecule has 0 fully saturated rings. The van der Waals surface area contributed by atoms with Gasteiger partial charge in [-0.05, 0) is 35.8 Å². The molecule has 7 nitrogen and oxygen atoms in total. The van der Waals surface area contributed by atoms with Crippen molar-refractivity contribution in [2.75, 3.05) is 25.3 Å². The van der Waals surface area contributed by atoms with Crippen LogP contribution >= 0.6 is 0 Å². The zero-order chi connectivity index (χ0) is 18.8. The number of hydrogen-bond acceptors (Lipinski definition) is 7. The fourth-order valence-corrected chi connectivity index (χ4v) is 3.56. The zero-order valence-corrected chi connectivity index (χ0v) is 15.4. The third kappa shape index (κ3) is 3.43. The smallest absolute Gasteiger partial charge is 0.213 e. The molecule has 1 atom stereocenters. The Morgan fingerprint density at radius 3 is 2.85 bits per heavy atom. The van der Waals surface area contributed by atoms with Gasteiger partial charge < -0.3 is 9.47 Å². The highest BCUT2D eigenvalue weighted by molar-refractivity contribution is 5.92. The van der Waals surface area contributed by atoms with Crippen LogP contribution in [-0.4, -0.2) is 36.1 Å². The van der Waals surface area contributed by atoms with Gasteiger partial charge in [0.05, 0.1) is 38.2 Å². The predicted octanol–water partition coefficient (Wildman–Crippen LogP) is 2.82. The fourth-order valence-electron chi connectivity index (χ4n) is 3.56. The maximum absolute atomic E-state index is 11.8. The average molecular weight is 366 g/mol. The van der Waals surface area contributed by atoms with Gasteiger partial charge in [0, 0.05) is 31.3 Å². The van der Waals surface area contributed by atoms with E-state index in [-0.39, 0.29) is 11.8 Å². The van der Waals surface area contributed by atoms with Crippen LogP contribution in [0, 0.1) is 0 Å². The molecule has 7 heteroatoms. The summed E-state index contributed by atoms with van der Waals surface area (Å²) in [5.41, 5.74) is 8.50. The largest absolute Gasteiger partial charge is 0.481 e. The number of pyridine rings is 2. The lowest BCUT2D eigenvalue weighted by atomic mass is 9.96. The van der Waals surface area contributed by atoms with Gasteiger partial charge in [-0.1, -0.05) is 0 Å². The van der Waals surface area contributed by atoms with Gasteiger partial charge in [0.1, 0.15) is 5.69 Å². The van der Waals surface area contributed by atoms with Crippen LogP contribution in [-0.2, 0) is 4.74 Å². The number of Topliss-reactive ketones (excluding diaryl/α,β-unsaturated/α-hetero) is 1. The number of nitrogens with one attached hydrogen (secondary N) is 1. The molecule has 2 aromatic heterocycles. The number of carbonyl (C=O) groups is 1. The second kappa shape index (κ2) is 7.46. The summed E-state index contributed by atoms with van der Waals surface area (Å²) in [5, 5.41) is 2.08. The van der Waals surface area contributed by atoms with Crippen LogP contribution in [0.25, 0.3) is 0 Å². The molecule has 1 N–H and O–H groups in total. The highest BCUT2D eigenvalue weighted by Crippen LogP contribution is 2.39. The molecular formula is C20H22N4O3. The summed E-state index contributed by atoms with van der Waals surface area (Å²) in [5.74, 6) is 0.539. The predicted molar refractivity (Wildman–Crippen MR) is 100 cm³/mol. The second-order valence-electron chi connectivity index (χ2n) is 6.57. The summed E-state index contributed by atoms with van der Waals surface area (Å²) < 4.78 is 10.9. The molecule has 0 saturated carbocycles. The third-order valence-corrected chi connectivity index (χ3v) is 4.91. The number of hydrazine groups is 1. The van der Waals surface area contributed by atoms with E-state index in [2.05, 4.69) is 20.4 Å².